The largest absolute Gasteiger partial charge is 0.508 e. The van der Waals surface area contributed by atoms with E-state index in [0.717, 1.165) is 21.6 Å². The van der Waals surface area contributed by atoms with Crippen molar-refractivity contribution in [3.8, 4) is 5.75 Å². The zero-order valence-corrected chi connectivity index (χ0v) is 42.2. The predicted molar refractivity (Wildman–Crippen MR) is 273 cm³/mol. The van der Waals surface area contributed by atoms with E-state index in [4.69, 9.17) is 28.7 Å². The molecule has 2 heterocycles. The quantitative estimate of drug-likeness (QED) is 0.0285. The summed E-state index contributed by atoms with van der Waals surface area (Å²) in [6, 6.07) is 6.58. The number of carbonyl (C=O) groups is 11. The smallest absolute Gasteiger partial charge is 0.246 e. The van der Waals surface area contributed by atoms with Gasteiger partial charge in [0.25, 0.3) is 0 Å². The Balaban J connectivity index is 1.68. The number of nitrogens with zero attached hydrogens (tertiary/aromatic N) is 2. The van der Waals surface area contributed by atoms with E-state index in [1.165, 1.54) is 17.0 Å². The van der Waals surface area contributed by atoms with Crippen LogP contribution in [0.15, 0.2) is 59.6 Å². The van der Waals surface area contributed by atoms with Crippen LogP contribution in [-0.2, 0) is 65.6 Å². The van der Waals surface area contributed by atoms with E-state index in [1.54, 1.807) is 42.5 Å². The summed E-state index contributed by atoms with van der Waals surface area (Å²) < 4.78 is 0. The Morgan fingerprint density at radius 1 is 0.770 bits per heavy atom. The number of likely N-dealkylation sites (tertiary alicyclic amines) is 1. The van der Waals surface area contributed by atoms with Gasteiger partial charge in [-0.25, -0.2) is 0 Å². The molecule has 0 saturated carbocycles. The molecule has 0 unspecified atom stereocenters. The molecular weight excluding hydrogens is 1000 g/mol. The monoisotopic (exact) mass is 1070 g/mol. The maximum absolute atomic E-state index is 14.6. The predicted octanol–water partition coefficient (Wildman–Crippen LogP) is -3.25. The number of rotatable bonds is 19. The molecule has 2 aromatic rings. The van der Waals surface area contributed by atoms with Gasteiger partial charge in [0, 0.05) is 63.1 Å². The number of benzene rings is 2. The van der Waals surface area contributed by atoms with Crippen molar-refractivity contribution in [2.75, 3.05) is 31.1 Å². The summed E-state index contributed by atoms with van der Waals surface area (Å²) in [6.45, 7) is -0.376. The fourth-order valence-corrected chi connectivity index (χ4v) is 10.2. The van der Waals surface area contributed by atoms with E-state index >= 15 is 0 Å². The second-order valence-electron chi connectivity index (χ2n) is 17.6. The van der Waals surface area contributed by atoms with Crippen molar-refractivity contribution in [3.05, 3.63) is 65.7 Å². The highest BCUT2D eigenvalue weighted by molar-refractivity contribution is 8.76. The third-order valence-electron chi connectivity index (χ3n) is 11.8. The van der Waals surface area contributed by atoms with Crippen molar-refractivity contribution in [1.82, 2.24) is 36.8 Å². The number of primary amides is 3. The summed E-state index contributed by atoms with van der Waals surface area (Å²) in [5.74, 6) is -10.7. The van der Waals surface area contributed by atoms with Crippen molar-refractivity contribution in [1.29, 1.82) is 0 Å². The molecule has 27 heteroatoms. The first kappa shape index (κ1) is 59.1. The summed E-state index contributed by atoms with van der Waals surface area (Å²) in [6.07, 6.45) is -1.77. The first-order valence-electron chi connectivity index (χ1n) is 23.8. The number of ketones is 1. The number of hydrogen-bond acceptors (Lipinski definition) is 15. The third-order valence-corrected chi connectivity index (χ3v) is 14.2. The molecule has 0 aromatic heterocycles. The SMILES string of the molecule is NC(=O)CC[C@@H]1NC(=O)[C@H](Cc2ccccc2)NC(=O)[C@H](Cc2ccc(O)cc2)NC(=O)CCSSC[C@@H](C(=O)N2CCC[C@H]2C(=O)N[C@H](CCCN=C(N)N)C(=O)NCC(N)=O)NC(=O)[C@H](CC(N)=O)CC1=O. The Labute approximate surface area is 434 Å². The zero-order valence-electron chi connectivity index (χ0n) is 40.6. The number of hydrogen-bond donors (Lipinski definition) is 12. The molecule has 2 fully saturated rings. The summed E-state index contributed by atoms with van der Waals surface area (Å²) >= 11 is 0. The highest BCUT2D eigenvalue weighted by atomic mass is 33.1. The van der Waals surface area contributed by atoms with Gasteiger partial charge < -0.3 is 70.6 Å². The van der Waals surface area contributed by atoms with Gasteiger partial charge in [-0.05, 0) is 55.4 Å². The third kappa shape index (κ3) is 20.2. The van der Waals surface area contributed by atoms with Crippen LogP contribution in [-0.4, -0.2) is 148 Å². The molecule has 10 amide bonds. The lowest BCUT2D eigenvalue weighted by Crippen LogP contribution is -2.58. The van der Waals surface area contributed by atoms with Crippen LogP contribution in [0.25, 0.3) is 0 Å². The fourth-order valence-electron chi connectivity index (χ4n) is 8.05. The first-order valence-corrected chi connectivity index (χ1v) is 26.3. The number of carbonyl (C=O) groups excluding carboxylic acids is 11. The second-order valence-corrected chi connectivity index (χ2v) is 20.3. The van der Waals surface area contributed by atoms with Gasteiger partial charge in [0.05, 0.1) is 18.5 Å². The lowest BCUT2D eigenvalue weighted by molar-refractivity contribution is -0.142. The Hall–Kier alpha value is -7.42. The molecule has 0 radical (unpaired) electrons. The number of nitrogens with one attached hydrogen (secondary N) is 6. The fraction of sp³-hybridized carbons (Fsp3) is 0.489. The number of nitrogens with two attached hydrogens (primary N) is 5. The molecule has 4 rings (SSSR count). The number of aromatic hydroxyl groups is 1. The average Bonchev–Trinajstić information content (AvgIpc) is 3.85. The van der Waals surface area contributed by atoms with Crippen molar-refractivity contribution in [3.63, 3.8) is 0 Å². The number of phenols is 1. The summed E-state index contributed by atoms with van der Waals surface area (Å²) in [4.78, 5) is 153. The van der Waals surface area contributed by atoms with Gasteiger partial charge in [-0.3, -0.25) is 57.7 Å². The van der Waals surface area contributed by atoms with Crippen LogP contribution in [0.1, 0.15) is 68.9 Å². The van der Waals surface area contributed by atoms with Gasteiger partial charge in [-0.1, -0.05) is 64.1 Å². The molecule has 402 valence electrons. The van der Waals surface area contributed by atoms with Gasteiger partial charge >= 0.3 is 0 Å². The average molecular weight is 1070 g/mol. The molecule has 0 aliphatic carbocycles. The Kier molecular flexibility index (Phi) is 23.9. The highest BCUT2D eigenvalue weighted by Crippen LogP contribution is 2.27. The molecule has 25 nitrogen and oxygen atoms in total. The van der Waals surface area contributed by atoms with Crippen LogP contribution >= 0.6 is 21.6 Å². The summed E-state index contributed by atoms with van der Waals surface area (Å²) in [5.41, 5.74) is 28.2. The second kappa shape index (κ2) is 29.9. The molecule has 2 aliphatic rings. The minimum absolute atomic E-state index is 0.0198. The van der Waals surface area contributed by atoms with Crippen LogP contribution < -0.4 is 60.6 Å². The molecule has 2 aromatic carbocycles. The minimum Gasteiger partial charge on any atom is -0.508 e. The van der Waals surface area contributed by atoms with Gasteiger partial charge in [0.15, 0.2) is 11.7 Å². The first-order chi connectivity index (χ1) is 35.2. The van der Waals surface area contributed by atoms with Gasteiger partial charge in [-0.15, -0.1) is 0 Å². The normalized spacial score (nSPS) is 21.8. The van der Waals surface area contributed by atoms with Crippen molar-refractivity contribution in [2.24, 2.45) is 39.6 Å². The minimum atomic E-state index is -1.52. The lowest BCUT2D eigenvalue weighted by Gasteiger charge is -2.30. The highest BCUT2D eigenvalue weighted by Gasteiger charge is 2.40. The summed E-state index contributed by atoms with van der Waals surface area (Å²) in [7, 11) is 2.22. The van der Waals surface area contributed by atoms with E-state index in [9.17, 15) is 57.8 Å². The molecule has 2 saturated heterocycles. The Bertz CT molecular complexity index is 2380. The van der Waals surface area contributed by atoms with E-state index in [-0.39, 0.29) is 81.3 Å². The van der Waals surface area contributed by atoms with Gasteiger partial charge in [0.1, 0.15) is 36.0 Å². The standard InChI is InChI=1S/C47H65N13O12S2/c48-37(63)15-14-30-36(62)22-28(23-38(49)64)41(67)59-34(46(72)60-18-5-9-35(60)45(71)57-31(8-4-17-53-47(51)52)42(68)54-24-39(50)65)25-74-73-19-16-40(66)55-32(21-27-10-12-29(61)13-11-27)43(69)58-33(44(70)56-30)20-26-6-2-1-3-7-26/h1-3,6-7,10-13,28,30-35,61H,4-5,8-9,14-25H2,(H2,48,63)(H2,49,64)(H2,50,65)(H,54,68)(H,55,66)(H,56,70)(H,57,71)(H,58,69)(H,59,67)(H4,51,52,53)/t28-,30-,31+,32-,33-,34-,35-/m0/s1. The molecule has 74 heavy (non-hydrogen) atoms. The topological polar surface area (TPSA) is 426 Å². The lowest BCUT2D eigenvalue weighted by atomic mass is 9.92. The van der Waals surface area contributed by atoms with E-state index < -0.39 is 133 Å². The van der Waals surface area contributed by atoms with Gasteiger partial charge in [0.2, 0.25) is 59.1 Å². The molecule has 0 bridgehead atoms. The molecule has 7 atom stereocenters. The van der Waals surface area contributed by atoms with E-state index in [1.807, 2.05) is 0 Å². The molecular formula is C47H65N13O12S2. The maximum Gasteiger partial charge on any atom is 0.246 e. The Morgan fingerprint density at radius 2 is 1.42 bits per heavy atom. The number of Topliss-reactive ketones (excluding diaryl/α,β-unsaturated/α-hetero) is 1. The van der Waals surface area contributed by atoms with Crippen LogP contribution in [0.2, 0.25) is 0 Å². The molecule has 2 aliphatic heterocycles. The van der Waals surface area contributed by atoms with E-state index in [2.05, 4.69) is 36.9 Å². The zero-order chi connectivity index (χ0) is 54.3. The van der Waals surface area contributed by atoms with Crippen LogP contribution in [0.3, 0.4) is 0 Å². The number of amides is 10. The molecule has 0 spiro atoms. The van der Waals surface area contributed by atoms with Crippen molar-refractivity contribution in [2.45, 2.75) is 107 Å². The van der Waals surface area contributed by atoms with Gasteiger partial charge in [-0.2, -0.15) is 0 Å². The Morgan fingerprint density at radius 3 is 2.05 bits per heavy atom. The maximum atomic E-state index is 14.6. The number of guanidine groups is 1. The number of phenolic OH excluding ortho intramolecular Hbond substituents is 1. The van der Waals surface area contributed by atoms with Crippen LogP contribution in [0.5, 0.6) is 5.75 Å². The van der Waals surface area contributed by atoms with Crippen molar-refractivity contribution < 1.29 is 57.8 Å². The van der Waals surface area contributed by atoms with Crippen molar-refractivity contribution >= 4 is 92.4 Å². The van der Waals surface area contributed by atoms with E-state index in [0.29, 0.717) is 17.5 Å². The molecule has 17 N–H and O–H groups in total. The number of aliphatic imine (C=N–C) groups is 1. The van der Waals surface area contributed by atoms with Crippen LogP contribution in [0, 0.1) is 5.92 Å². The van der Waals surface area contributed by atoms with Crippen LogP contribution in [0.4, 0.5) is 0 Å². The summed E-state index contributed by atoms with van der Waals surface area (Å²) in [5, 5.41) is 25.6.